The highest BCUT2D eigenvalue weighted by Gasteiger charge is 2.14. The molecule has 2 N–H and O–H groups in total. The van der Waals surface area contributed by atoms with Crippen molar-refractivity contribution in [3.63, 3.8) is 0 Å². The van der Waals surface area contributed by atoms with Crippen molar-refractivity contribution < 1.29 is 18.7 Å². The van der Waals surface area contributed by atoms with Gasteiger partial charge in [-0.15, -0.1) is 0 Å². The van der Waals surface area contributed by atoms with Crippen LogP contribution in [0.25, 0.3) is 0 Å². The van der Waals surface area contributed by atoms with E-state index in [-0.39, 0.29) is 17.3 Å². The number of nitrogens with zero attached hydrogens (tertiary/aromatic N) is 1. The van der Waals surface area contributed by atoms with Crippen LogP contribution < -0.4 is 5.32 Å². The summed E-state index contributed by atoms with van der Waals surface area (Å²) in [5.41, 5.74) is -0.274. The summed E-state index contributed by atoms with van der Waals surface area (Å²) in [7, 11) is 0. The fraction of sp³-hybridized carbons (Fsp3) is 0.0769. The topological polar surface area (TPSA) is 62.2 Å². The summed E-state index contributed by atoms with van der Waals surface area (Å²) in [5, 5.41) is 11.2. The zero-order valence-electron chi connectivity index (χ0n) is 9.98. The van der Waals surface area contributed by atoms with E-state index in [2.05, 4.69) is 22.1 Å². The highest BCUT2D eigenvalue weighted by Crippen LogP contribution is 2.18. The van der Waals surface area contributed by atoms with Gasteiger partial charge in [-0.3, -0.25) is 10.1 Å². The third-order valence-electron chi connectivity index (χ3n) is 2.19. The van der Waals surface area contributed by atoms with Gasteiger partial charge in [0.05, 0.1) is 16.6 Å². The molecule has 0 aliphatic carbocycles. The molecule has 0 bridgehead atoms. The lowest BCUT2D eigenvalue weighted by Crippen LogP contribution is -2.13. The Kier molecular flexibility index (Phi) is 4.40. The number of aliphatic hydroxyl groups is 1. The number of hydrogen-bond donors (Lipinski definition) is 2. The highest BCUT2D eigenvalue weighted by molar-refractivity contribution is 7.16. The minimum Gasteiger partial charge on any atom is -0.384 e. The van der Waals surface area contributed by atoms with Gasteiger partial charge >= 0.3 is 0 Å². The third-order valence-corrected chi connectivity index (χ3v) is 3.02. The summed E-state index contributed by atoms with van der Waals surface area (Å²) >= 11 is 1.08. The van der Waals surface area contributed by atoms with Crippen molar-refractivity contribution in [2.45, 2.75) is 0 Å². The predicted octanol–water partition coefficient (Wildman–Crippen LogP) is 2.02. The fourth-order valence-electron chi connectivity index (χ4n) is 1.35. The zero-order chi connectivity index (χ0) is 14.5. The molecule has 0 saturated heterocycles. The lowest BCUT2D eigenvalue weighted by atomic mass is 10.2. The van der Waals surface area contributed by atoms with E-state index >= 15 is 0 Å². The largest absolute Gasteiger partial charge is 0.384 e. The van der Waals surface area contributed by atoms with E-state index in [9.17, 15) is 13.6 Å². The highest BCUT2D eigenvalue weighted by atomic mass is 32.1. The van der Waals surface area contributed by atoms with Crippen molar-refractivity contribution in [1.82, 2.24) is 4.98 Å². The van der Waals surface area contributed by atoms with E-state index in [1.54, 1.807) is 0 Å². The maximum Gasteiger partial charge on any atom is 0.260 e. The van der Waals surface area contributed by atoms with Crippen LogP contribution >= 0.6 is 11.3 Å². The number of nitrogens with one attached hydrogen (secondary N) is 1. The van der Waals surface area contributed by atoms with Crippen molar-refractivity contribution in [2.75, 3.05) is 11.9 Å². The van der Waals surface area contributed by atoms with Gasteiger partial charge < -0.3 is 5.11 Å². The number of anilines is 1. The molecule has 0 fully saturated rings. The molecular formula is C13H8F2N2O2S. The minimum atomic E-state index is -0.945. The zero-order valence-corrected chi connectivity index (χ0v) is 10.8. The van der Waals surface area contributed by atoms with Crippen LogP contribution in [-0.2, 0) is 0 Å². The molecule has 0 atom stereocenters. The number of rotatable bonds is 2. The second-order valence-electron chi connectivity index (χ2n) is 3.57. The van der Waals surface area contributed by atoms with Crippen LogP contribution in [0.3, 0.4) is 0 Å². The van der Waals surface area contributed by atoms with Crippen LogP contribution in [0.2, 0.25) is 0 Å². The molecule has 0 aliphatic heterocycles. The normalized spacial score (nSPS) is 9.75. The number of aliphatic hydroxyl groups excluding tert-OH is 1. The maximum atomic E-state index is 13.4. The van der Waals surface area contributed by atoms with E-state index in [0.29, 0.717) is 10.9 Å². The van der Waals surface area contributed by atoms with Crippen molar-refractivity contribution in [3.05, 3.63) is 46.5 Å². The number of carbonyl (C=O) groups excluding carboxylic acids is 1. The number of aromatic nitrogens is 1. The van der Waals surface area contributed by atoms with Gasteiger partial charge in [0.15, 0.2) is 5.13 Å². The Morgan fingerprint density at radius 1 is 1.45 bits per heavy atom. The first kappa shape index (κ1) is 14.1. The molecule has 20 heavy (non-hydrogen) atoms. The number of thiazole rings is 1. The van der Waals surface area contributed by atoms with E-state index < -0.39 is 17.5 Å². The number of hydrogen-bond acceptors (Lipinski definition) is 4. The van der Waals surface area contributed by atoms with Crippen molar-refractivity contribution >= 4 is 22.4 Å². The number of halogens is 2. The molecule has 0 spiro atoms. The average Bonchev–Trinajstić information content (AvgIpc) is 2.83. The van der Waals surface area contributed by atoms with Crippen molar-refractivity contribution in [2.24, 2.45) is 0 Å². The first-order valence-corrected chi connectivity index (χ1v) is 6.24. The second-order valence-corrected chi connectivity index (χ2v) is 4.60. The summed E-state index contributed by atoms with van der Waals surface area (Å²) in [6.07, 6.45) is 1.42. The number of benzene rings is 1. The molecule has 7 heteroatoms. The van der Waals surface area contributed by atoms with Crippen LogP contribution in [0.15, 0.2) is 24.4 Å². The third kappa shape index (κ3) is 3.38. The Bertz CT molecular complexity index is 704. The van der Waals surface area contributed by atoms with Gasteiger partial charge in [0.2, 0.25) is 0 Å². The van der Waals surface area contributed by atoms with Gasteiger partial charge in [0.25, 0.3) is 5.91 Å². The molecule has 0 aliphatic rings. The van der Waals surface area contributed by atoms with Crippen molar-refractivity contribution in [3.8, 4) is 11.8 Å². The average molecular weight is 294 g/mol. The molecule has 1 aromatic carbocycles. The molecule has 2 aromatic rings. The van der Waals surface area contributed by atoms with Gasteiger partial charge in [-0.1, -0.05) is 23.2 Å². The van der Waals surface area contributed by atoms with Gasteiger partial charge in [-0.2, -0.15) is 0 Å². The Hall–Kier alpha value is -2.30. The SMILES string of the molecule is O=C(Nc1ncc(C#CCO)s1)c1ccc(F)cc1F. The molecular weight excluding hydrogens is 286 g/mol. The lowest BCUT2D eigenvalue weighted by Gasteiger charge is -2.02. The standard InChI is InChI=1S/C13H8F2N2O2S/c14-8-3-4-10(11(15)6-8)12(19)17-13-16-7-9(20-13)2-1-5-18/h3-4,6-7,18H,5H2,(H,16,17,19). The van der Waals surface area contributed by atoms with Crippen LogP contribution in [0.5, 0.6) is 0 Å². The molecule has 0 saturated carbocycles. The van der Waals surface area contributed by atoms with Gasteiger partial charge in [-0.25, -0.2) is 13.8 Å². The van der Waals surface area contributed by atoms with Crippen molar-refractivity contribution in [1.29, 1.82) is 0 Å². The quantitative estimate of drug-likeness (QED) is 0.833. The van der Waals surface area contributed by atoms with Gasteiger partial charge in [-0.05, 0) is 12.1 Å². The Labute approximate surface area is 117 Å². The number of amides is 1. The second kappa shape index (κ2) is 6.23. The Balaban J connectivity index is 2.13. The van der Waals surface area contributed by atoms with E-state index in [0.717, 1.165) is 23.5 Å². The minimum absolute atomic E-state index is 0.237. The summed E-state index contributed by atoms with van der Waals surface area (Å²) in [6, 6.07) is 2.69. The summed E-state index contributed by atoms with van der Waals surface area (Å²) in [4.78, 5) is 16.2. The van der Waals surface area contributed by atoms with Crippen LogP contribution in [0.4, 0.5) is 13.9 Å². The Morgan fingerprint density at radius 2 is 2.25 bits per heavy atom. The smallest absolute Gasteiger partial charge is 0.260 e. The molecule has 4 nitrogen and oxygen atoms in total. The predicted molar refractivity (Wildman–Crippen MR) is 70.4 cm³/mol. The molecule has 1 amide bonds. The van der Waals surface area contributed by atoms with Crippen LogP contribution in [0.1, 0.15) is 15.2 Å². The fourth-order valence-corrected chi connectivity index (χ4v) is 2.04. The van der Waals surface area contributed by atoms with Gasteiger partial charge in [0, 0.05) is 6.07 Å². The molecule has 0 unspecified atom stereocenters. The summed E-state index contributed by atoms with van der Waals surface area (Å²) < 4.78 is 26.1. The number of carbonyl (C=O) groups is 1. The Morgan fingerprint density at radius 3 is 2.95 bits per heavy atom. The summed E-state index contributed by atoms with van der Waals surface area (Å²) in [5.74, 6) is 2.64. The molecule has 2 rings (SSSR count). The van der Waals surface area contributed by atoms with E-state index in [4.69, 9.17) is 5.11 Å². The first-order valence-electron chi connectivity index (χ1n) is 5.42. The first-order chi connectivity index (χ1) is 9.60. The molecule has 1 aromatic heterocycles. The molecule has 102 valence electrons. The van der Waals surface area contributed by atoms with Crippen LogP contribution in [0, 0.1) is 23.5 Å². The monoisotopic (exact) mass is 294 g/mol. The molecule has 0 radical (unpaired) electrons. The lowest BCUT2D eigenvalue weighted by molar-refractivity contribution is 0.102. The van der Waals surface area contributed by atoms with Gasteiger partial charge in [0.1, 0.15) is 18.2 Å². The van der Waals surface area contributed by atoms with E-state index in [1.807, 2.05) is 0 Å². The molecule has 1 heterocycles. The summed E-state index contributed by atoms with van der Waals surface area (Å²) in [6.45, 7) is -0.277. The van der Waals surface area contributed by atoms with Crippen LogP contribution in [-0.4, -0.2) is 22.6 Å². The van der Waals surface area contributed by atoms with E-state index in [1.165, 1.54) is 6.20 Å². The maximum absolute atomic E-state index is 13.4.